The highest BCUT2D eigenvalue weighted by atomic mass is 35.5. The van der Waals surface area contributed by atoms with Gasteiger partial charge in [0.05, 0.1) is 14.8 Å². The van der Waals surface area contributed by atoms with Crippen LogP contribution in [0.3, 0.4) is 0 Å². The predicted octanol–water partition coefficient (Wildman–Crippen LogP) is 2.44. The van der Waals surface area contributed by atoms with Crippen LogP contribution in [0.2, 0.25) is 5.02 Å². The molecule has 23 heavy (non-hydrogen) atoms. The maximum atomic E-state index is 11.8. The summed E-state index contributed by atoms with van der Waals surface area (Å²) in [6, 6.07) is 9.81. The van der Waals surface area contributed by atoms with E-state index >= 15 is 0 Å². The van der Waals surface area contributed by atoms with Gasteiger partial charge in [0, 0.05) is 0 Å². The first-order valence-corrected chi connectivity index (χ1v) is 7.74. The number of hydrazine groups is 1. The fraction of sp³-hybridized carbons (Fsp3) is 0.133. The summed E-state index contributed by atoms with van der Waals surface area (Å²) < 4.78 is 5.23. The van der Waals surface area contributed by atoms with Crippen LogP contribution in [0.5, 0.6) is 5.75 Å². The zero-order valence-corrected chi connectivity index (χ0v) is 13.7. The molecule has 120 valence electrons. The Hall–Kier alpha value is -2.38. The molecule has 0 spiro atoms. The van der Waals surface area contributed by atoms with Gasteiger partial charge in [-0.1, -0.05) is 23.7 Å². The number of ether oxygens (including phenoxy) is 1. The molecule has 2 rings (SSSR count). The van der Waals surface area contributed by atoms with Gasteiger partial charge in [0.1, 0.15) is 5.75 Å². The quantitative estimate of drug-likeness (QED) is 0.639. The number of benzene rings is 1. The van der Waals surface area contributed by atoms with Crippen LogP contribution in [0.25, 0.3) is 0 Å². The number of ketones is 1. The molecule has 2 N–H and O–H groups in total. The van der Waals surface area contributed by atoms with Crippen molar-refractivity contribution in [2.24, 2.45) is 0 Å². The largest absolute Gasteiger partial charge is 0.482 e. The molecule has 2 amide bonds. The number of hydrogen-bond acceptors (Lipinski definition) is 5. The number of halogens is 1. The Balaban J connectivity index is 1.80. The van der Waals surface area contributed by atoms with E-state index < -0.39 is 11.8 Å². The lowest BCUT2D eigenvalue weighted by molar-refractivity contribution is -0.123. The summed E-state index contributed by atoms with van der Waals surface area (Å²) in [4.78, 5) is 35.4. The lowest BCUT2D eigenvalue weighted by atomic mass is 10.3. The lowest BCUT2D eigenvalue weighted by Crippen LogP contribution is -2.43. The Kier molecular flexibility index (Phi) is 5.72. The highest BCUT2D eigenvalue weighted by molar-refractivity contribution is 7.15. The highest BCUT2D eigenvalue weighted by Crippen LogP contribution is 2.22. The zero-order valence-electron chi connectivity index (χ0n) is 12.1. The molecule has 0 aliphatic heterocycles. The monoisotopic (exact) mass is 352 g/mol. The van der Waals surface area contributed by atoms with Crippen molar-refractivity contribution in [2.75, 3.05) is 6.61 Å². The van der Waals surface area contributed by atoms with Crippen molar-refractivity contribution in [1.82, 2.24) is 10.9 Å². The van der Waals surface area contributed by atoms with Gasteiger partial charge in [0.15, 0.2) is 12.4 Å². The third-order valence-electron chi connectivity index (χ3n) is 2.69. The summed E-state index contributed by atoms with van der Waals surface area (Å²) in [6.07, 6.45) is 0. The highest BCUT2D eigenvalue weighted by Gasteiger charge is 2.12. The molecule has 0 saturated heterocycles. The van der Waals surface area contributed by atoms with E-state index in [0.29, 0.717) is 20.5 Å². The van der Waals surface area contributed by atoms with Crippen molar-refractivity contribution >= 4 is 40.5 Å². The molecule has 0 radical (unpaired) electrons. The Bertz CT molecular complexity index is 745. The summed E-state index contributed by atoms with van der Waals surface area (Å²) in [5, 5.41) is 0.389. The second-order valence-electron chi connectivity index (χ2n) is 4.44. The summed E-state index contributed by atoms with van der Waals surface area (Å²) in [5.41, 5.74) is 4.47. The SMILES string of the molecule is CC(=O)c1ccc(C(=O)NNC(=O)COc2ccccc2Cl)s1. The Labute approximate surface area is 141 Å². The molecule has 0 saturated carbocycles. The number of thiophene rings is 1. The van der Waals surface area contributed by atoms with E-state index in [1.165, 1.54) is 13.0 Å². The molecule has 6 nitrogen and oxygen atoms in total. The summed E-state index contributed by atoms with van der Waals surface area (Å²) in [6.45, 7) is 1.12. The van der Waals surface area contributed by atoms with Crippen LogP contribution in [-0.2, 0) is 4.79 Å². The second kappa shape index (κ2) is 7.75. The molecule has 8 heteroatoms. The first-order valence-electron chi connectivity index (χ1n) is 6.54. The van der Waals surface area contributed by atoms with Crippen molar-refractivity contribution in [3.05, 3.63) is 51.2 Å². The number of para-hydroxylation sites is 1. The van der Waals surface area contributed by atoms with Crippen molar-refractivity contribution in [2.45, 2.75) is 6.92 Å². The normalized spacial score (nSPS) is 10.0. The number of hydrogen-bond donors (Lipinski definition) is 2. The first kappa shape index (κ1) is 17.0. The molecule has 0 bridgehead atoms. The van der Waals surface area contributed by atoms with Gasteiger partial charge in [-0.15, -0.1) is 11.3 Å². The minimum Gasteiger partial charge on any atom is -0.482 e. The molecular formula is C15H13ClN2O4S. The second-order valence-corrected chi connectivity index (χ2v) is 5.93. The first-order chi connectivity index (χ1) is 11.0. The van der Waals surface area contributed by atoms with Crippen LogP contribution in [0.4, 0.5) is 0 Å². The van der Waals surface area contributed by atoms with Gasteiger partial charge in [-0.25, -0.2) is 0 Å². The number of carbonyl (C=O) groups is 3. The minimum atomic E-state index is -0.540. The maximum Gasteiger partial charge on any atom is 0.279 e. The zero-order chi connectivity index (χ0) is 16.8. The van der Waals surface area contributed by atoms with Crippen LogP contribution in [0, 0.1) is 0 Å². The van der Waals surface area contributed by atoms with Crippen LogP contribution in [0.1, 0.15) is 26.3 Å². The minimum absolute atomic E-state index is 0.119. The molecular weight excluding hydrogens is 340 g/mol. The van der Waals surface area contributed by atoms with Gasteiger partial charge >= 0.3 is 0 Å². The van der Waals surface area contributed by atoms with Gasteiger partial charge in [-0.3, -0.25) is 25.2 Å². The van der Waals surface area contributed by atoms with E-state index in [4.69, 9.17) is 16.3 Å². The lowest BCUT2D eigenvalue weighted by Gasteiger charge is -2.09. The molecule has 1 aromatic carbocycles. The molecule has 0 unspecified atom stereocenters. The van der Waals surface area contributed by atoms with E-state index in [1.54, 1.807) is 30.3 Å². The average molecular weight is 353 g/mol. The van der Waals surface area contributed by atoms with E-state index in [9.17, 15) is 14.4 Å². The average Bonchev–Trinajstić information content (AvgIpc) is 3.02. The van der Waals surface area contributed by atoms with Crippen LogP contribution in [-0.4, -0.2) is 24.2 Å². The van der Waals surface area contributed by atoms with E-state index in [2.05, 4.69) is 10.9 Å². The third kappa shape index (κ3) is 4.80. The molecule has 0 atom stereocenters. The Morgan fingerprint density at radius 2 is 1.78 bits per heavy atom. The standard InChI is InChI=1S/C15H13ClN2O4S/c1-9(19)12-6-7-13(23-12)15(21)18-17-14(20)8-22-11-5-3-2-4-10(11)16/h2-7H,8H2,1H3,(H,17,20)(H,18,21). The molecule has 2 aromatic rings. The Morgan fingerprint density at radius 3 is 2.43 bits per heavy atom. The number of Topliss-reactive ketones (excluding diaryl/α,β-unsaturated/α-hetero) is 1. The van der Waals surface area contributed by atoms with Gasteiger partial charge in [-0.2, -0.15) is 0 Å². The maximum absolute atomic E-state index is 11.8. The number of rotatable bonds is 5. The van der Waals surface area contributed by atoms with Crippen molar-refractivity contribution in [3.8, 4) is 5.75 Å². The van der Waals surface area contributed by atoms with Gasteiger partial charge in [0.2, 0.25) is 0 Å². The Morgan fingerprint density at radius 1 is 1.09 bits per heavy atom. The van der Waals surface area contributed by atoms with E-state index in [0.717, 1.165) is 11.3 Å². The van der Waals surface area contributed by atoms with Crippen molar-refractivity contribution in [3.63, 3.8) is 0 Å². The number of nitrogens with one attached hydrogen (secondary N) is 2. The molecule has 1 heterocycles. The number of carbonyl (C=O) groups excluding carboxylic acids is 3. The van der Waals surface area contributed by atoms with Gasteiger partial charge in [-0.05, 0) is 31.2 Å². The third-order valence-corrected chi connectivity index (χ3v) is 4.18. The van der Waals surface area contributed by atoms with Crippen molar-refractivity contribution in [1.29, 1.82) is 0 Å². The fourth-order valence-corrected chi connectivity index (χ4v) is 2.57. The van der Waals surface area contributed by atoms with Crippen LogP contribution < -0.4 is 15.6 Å². The summed E-state index contributed by atoms with van der Waals surface area (Å²) >= 11 is 6.94. The molecule has 1 aromatic heterocycles. The number of amides is 2. The van der Waals surface area contributed by atoms with Crippen LogP contribution in [0.15, 0.2) is 36.4 Å². The summed E-state index contributed by atoms with van der Waals surface area (Å²) in [7, 11) is 0. The smallest absolute Gasteiger partial charge is 0.279 e. The van der Waals surface area contributed by atoms with Crippen molar-refractivity contribution < 1.29 is 19.1 Å². The fourth-order valence-electron chi connectivity index (χ4n) is 1.58. The van der Waals surface area contributed by atoms with E-state index in [-0.39, 0.29) is 12.4 Å². The molecule has 0 fully saturated rings. The van der Waals surface area contributed by atoms with Gasteiger partial charge < -0.3 is 4.74 Å². The predicted molar refractivity (Wildman–Crippen MR) is 86.9 cm³/mol. The van der Waals surface area contributed by atoms with Gasteiger partial charge in [0.25, 0.3) is 11.8 Å². The topological polar surface area (TPSA) is 84.5 Å². The molecule has 0 aliphatic rings. The van der Waals surface area contributed by atoms with E-state index in [1.807, 2.05) is 0 Å². The summed E-state index contributed by atoms with van der Waals surface area (Å²) in [5.74, 6) is -0.790. The molecule has 0 aliphatic carbocycles. The van der Waals surface area contributed by atoms with Crippen LogP contribution >= 0.6 is 22.9 Å².